The average Bonchev–Trinajstić information content (AvgIpc) is 2.79. The van der Waals surface area contributed by atoms with E-state index in [0.29, 0.717) is 12.8 Å². The van der Waals surface area contributed by atoms with Crippen LogP contribution in [0.1, 0.15) is 37.7 Å². The number of hydrogen-bond acceptors (Lipinski definition) is 6. The molecule has 0 heterocycles. The molecule has 32 heavy (non-hydrogen) atoms. The van der Waals surface area contributed by atoms with E-state index < -0.39 is 20.9 Å². The van der Waals surface area contributed by atoms with Crippen LogP contribution in [0.25, 0.3) is 0 Å². The van der Waals surface area contributed by atoms with Crippen molar-refractivity contribution < 1.29 is 18.1 Å². The molecule has 11 heteroatoms. The molecule has 2 aromatic carbocycles. The number of carbonyl (C=O) groups excluding carboxylic acids is 1. The maximum atomic E-state index is 13.2. The zero-order chi connectivity index (χ0) is 23.1. The van der Waals surface area contributed by atoms with Crippen LogP contribution in [0.3, 0.4) is 0 Å². The van der Waals surface area contributed by atoms with Gasteiger partial charge < -0.3 is 0 Å². The molecule has 0 aliphatic heterocycles. The molecule has 170 valence electrons. The highest BCUT2D eigenvalue weighted by Gasteiger charge is 2.33. The summed E-state index contributed by atoms with van der Waals surface area (Å²) < 4.78 is 27.7. The summed E-state index contributed by atoms with van der Waals surface area (Å²) in [5.41, 5.74) is 2.38. The number of hydrogen-bond donors (Lipinski definition) is 1. The molecule has 1 amide bonds. The molecular formula is C21H23ClN4O5S. The van der Waals surface area contributed by atoms with Crippen molar-refractivity contribution in [2.45, 2.75) is 43.0 Å². The van der Waals surface area contributed by atoms with Crippen molar-refractivity contribution in [2.75, 3.05) is 6.54 Å². The number of nitrogens with one attached hydrogen (secondary N) is 1. The summed E-state index contributed by atoms with van der Waals surface area (Å²) in [6, 6.07) is 11.6. The number of benzene rings is 2. The molecule has 1 aliphatic rings. The van der Waals surface area contributed by atoms with Gasteiger partial charge in [0.1, 0.15) is 0 Å². The number of nitro groups is 1. The molecule has 0 aromatic heterocycles. The fourth-order valence-electron chi connectivity index (χ4n) is 3.60. The topological polar surface area (TPSA) is 122 Å². The van der Waals surface area contributed by atoms with Gasteiger partial charge in [-0.15, -0.1) is 0 Å². The second kappa shape index (κ2) is 10.7. The van der Waals surface area contributed by atoms with Gasteiger partial charge in [-0.25, -0.2) is 13.8 Å². The quantitative estimate of drug-likeness (QED) is 0.352. The lowest BCUT2D eigenvalue weighted by molar-refractivity contribution is -0.384. The third kappa shape index (κ3) is 5.90. The van der Waals surface area contributed by atoms with Crippen molar-refractivity contribution in [1.82, 2.24) is 9.73 Å². The van der Waals surface area contributed by atoms with Crippen LogP contribution in [0.4, 0.5) is 5.69 Å². The van der Waals surface area contributed by atoms with Crippen LogP contribution in [-0.2, 0) is 14.8 Å². The number of non-ortho nitro benzene ring substituents is 1. The maximum Gasteiger partial charge on any atom is 0.270 e. The van der Waals surface area contributed by atoms with Gasteiger partial charge in [0.05, 0.1) is 22.6 Å². The molecule has 1 fully saturated rings. The predicted octanol–water partition coefficient (Wildman–Crippen LogP) is 3.72. The van der Waals surface area contributed by atoms with Crippen LogP contribution in [-0.4, -0.2) is 42.4 Å². The van der Waals surface area contributed by atoms with Crippen molar-refractivity contribution in [2.24, 2.45) is 5.10 Å². The van der Waals surface area contributed by atoms with E-state index in [1.54, 1.807) is 18.2 Å². The zero-order valence-electron chi connectivity index (χ0n) is 17.2. The fourth-order valence-corrected chi connectivity index (χ4v) is 5.43. The van der Waals surface area contributed by atoms with Crippen LogP contribution in [0.15, 0.2) is 58.5 Å². The van der Waals surface area contributed by atoms with Gasteiger partial charge in [0.25, 0.3) is 11.6 Å². The molecule has 1 saturated carbocycles. The van der Waals surface area contributed by atoms with Gasteiger partial charge in [-0.05, 0) is 31.0 Å². The Labute approximate surface area is 191 Å². The van der Waals surface area contributed by atoms with E-state index >= 15 is 0 Å². The Kier molecular flexibility index (Phi) is 7.94. The second-order valence-electron chi connectivity index (χ2n) is 7.41. The van der Waals surface area contributed by atoms with Gasteiger partial charge >= 0.3 is 0 Å². The highest BCUT2D eigenvalue weighted by molar-refractivity contribution is 7.89. The molecule has 9 nitrogen and oxygen atoms in total. The number of sulfonamides is 1. The van der Waals surface area contributed by atoms with E-state index in [1.807, 2.05) is 0 Å². The number of halogens is 1. The average molecular weight is 479 g/mol. The SMILES string of the molecule is O=C(CN(C1CCCCC1)S(=O)(=O)c1ccccc1)N/N=C\c1cc([N+](=O)[O-])ccc1Cl. The van der Waals surface area contributed by atoms with Crippen LogP contribution in [0.2, 0.25) is 5.02 Å². The molecule has 3 rings (SSSR count). The van der Waals surface area contributed by atoms with Crippen molar-refractivity contribution >= 4 is 39.4 Å². The lowest BCUT2D eigenvalue weighted by Gasteiger charge is -2.32. The zero-order valence-corrected chi connectivity index (χ0v) is 18.8. The van der Waals surface area contributed by atoms with Gasteiger partial charge in [-0.2, -0.15) is 9.41 Å². The second-order valence-corrected chi connectivity index (χ2v) is 9.71. The van der Waals surface area contributed by atoms with Crippen LogP contribution in [0, 0.1) is 10.1 Å². The molecular weight excluding hydrogens is 456 g/mol. The Morgan fingerprint density at radius 3 is 2.53 bits per heavy atom. The van der Waals surface area contributed by atoms with Gasteiger partial charge in [0.15, 0.2) is 0 Å². The molecule has 1 N–H and O–H groups in total. The normalized spacial score (nSPS) is 15.2. The molecule has 0 unspecified atom stereocenters. The highest BCUT2D eigenvalue weighted by Crippen LogP contribution is 2.27. The van der Waals surface area contributed by atoms with Gasteiger partial charge in [0, 0.05) is 28.8 Å². The van der Waals surface area contributed by atoms with Crippen LogP contribution < -0.4 is 5.43 Å². The molecule has 0 spiro atoms. The summed E-state index contributed by atoms with van der Waals surface area (Å²) in [6.45, 7) is -0.387. The highest BCUT2D eigenvalue weighted by atomic mass is 35.5. The summed E-state index contributed by atoms with van der Waals surface area (Å²) in [4.78, 5) is 23.0. The number of nitrogens with zero attached hydrogens (tertiary/aromatic N) is 3. The van der Waals surface area contributed by atoms with E-state index in [9.17, 15) is 23.3 Å². The summed E-state index contributed by atoms with van der Waals surface area (Å²) in [5, 5.41) is 14.9. The van der Waals surface area contributed by atoms with Gasteiger partial charge in [-0.3, -0.25) is 14.9 Å². The van der Waals surface area contributed by atoms with Gasteiger partial charge in [-0.1, -0.05) is 49.1 Å². The van der Waals surface area contributed by atoms with Crippen molar-refractivity contribution in [3.05, 3.63) is 69.2 Å². The Balaban J connectivity index is 1.75. The lowest BCUT2D eigenvalue weighted by Crippen LogP contribution is -2.46. The first-order valence-corrected chi connectivity index (χ1v) is 11.9. The smallest absolute Gasteiger partial charge is 0.270 e. The van der Waals surface area contributed by atoms with E-state index in [0.717, 1.165) is 19.3 Å². The Bertz CT molecular complexity index is 1100. The minimum Gasteiger partial charge on any atom is -0.272 e. The largest absolute Gasteiger partial charge is 0.272 e. The Hall–Kier alpha value is -2.82. The molecule has 0 bridgehead atoms. The maximum absolute atomic E-state index is 13.2. The number of nitro benzene ring substituents is 1. The third-order valence-electron chi connectivity index (χ3n) is 5.21. The van der Waals surface area contributed by atoms with Crippen molar-refractivity contribution in [3.8, 4) is 0 Å². The molecule has 2 aromatic rings. The lowest BCUT2D eigenvalue weighted by atomic mass is 9.95. The van der Waals surface area contributed by atoms with Crippen molar-refractivity contribution in [1.29, 1.82) is 0 Å². The van der Waals surface area contributed by atoms with E-state index in [2.05, 4.69) is 10.5 Å². The summed E-state index contributed by atoms with van der Waals surface area (Å²) >= 11 is 6.02. The predicted molar refractivity (Wildman–Crippen MR) is 121 cm³/mol. The number of amides is 1. The molecule has 1 aliphatic carbocycles. The Morgan fingerprint density at radius 2 is 1.88 bits per heavy atom. The van der Waals surface area contributed by atoms with E-state index in [-0.39, 0.29) is 33.8 Å². The van der Waals surface area contributed by atoms with Crippen LogP contribution in [0.5, 0.6) is 0 Å². The minimum atomic E-state index is -3.87. The fraction of sp³-hybridized carbons (Fsp3) is 0.333. The number of rotatable bonds is 8. The van der Waals surface area contributed by atoms with Crippen LogP contribution >= 0.6 is 11.6 Å². The molecule has 0 radical (unpaired) electrons. The standard InChI is InChI=1S/C21H23ClN4O5S/c22-20-12-11-18(26(28)29)13-16(20)14-23-24-21(27)15-25(17-7-3-1-4-8-17)32(30,31)19-9-5-2-6-10-19/h2,5-6,9-14,17H,1,3-4,7-8,15H2,(H,24,27)/b23-14-. The van der Waals surface area contributed by atoms with Gasteiger partial charge in [0.2, 0.25) is 10.0 Å². The van der Waals surface area contributed by atoms with E-state index in [4.69, 9.17) is 11.6 Å². The first kappa shape index (κ1) is 23.8. The first-order valence-electron chi connectivity index (χ1n) is 10.1. The molecule has 0 atom stereocenters. The summed E-state index contributed by atoms with van der Waals surface area (Å²) in [6.07, 6.45) is 5.39. The van der Waals surface area contributed by atoms with E-state index in [1.165, 1.54) is 40.9 Å². The third-order valence-corrected chi connectivity index (χ3v) is 7.47. The minimum absolute atomic E-state index is 0.130. The first-order chi connectivity index (χ1) is 15.3. The Morgan fingerprint density at radius 1 is 1.19 bits per heavy atom. The number of hydrazone groups is 1. The monoisotopic (exact) mass is 478 g/mol. The summed E-state index contributed by atoms with van der Waals surface area (Å²) in [7, 11) is -3.87. The summed E-state index contributed by atoms with van der Waals surface area (Å²) in [5.74, 6) is -0.618. The number of carbonyl (C=O) groups is 1. The van der Waals surface area contributed by atoms with Crippen molar-refractivity contribution in [3.63, 3.8) is 0 Å². The molecule has 0 saturated heterocycles.